The summed E-state index contributed by atoms with van der Waals surface area (Å²) in [5.41, 5.74) is 0.549. The van der Waals surface area contributed by atoms with Gasteiger partial charge < -0.3 is 14.7 Å². The molecule has 5 rings (SSSR count). The molecule has 0 aliphatic carbocycles. The summed E-state index contributed by atoms with van der Waals surface area (Å²) in [7, 11) is 0. The lowest BCUT2D eigenvalue weighted by molar-refractivity contribution is -0.146. The van der Waals surface area contributed by atoms with Gasteiger partial charge in [0.25, 0.3) is 5.91 Å². The number of amides is 1. The predicted molar refractivity (Wildman–Crippen MR) is 147 cm³/mol. The second kappa shape index (κ2) is 10.1. The molecule has 7 nitrogen and oxygen atoms in total. The quantitative estimate of drug-likeness (QED) is 0.372. The Morgan fingerprint density at radius 3 is 2.73 bits per heavy atom. The molecule has 1 fully saturated rings. The van der Waals surface area contributed by atoms with Gasteiger partial charge in [0.05, 0.1) is 24.0 Å². The van der Waals surface area contributed by atoms with Crippen molar-refractivity contribution >= 4 is 34.2 Å². The van der Waals surface area contributed by atoms with Gasteiger partial charge in [0.15, 0.2) is 5.60 Å². The number of alkyl halides is 1. The Hall–Kier alpha value is -2.37. The smallest absolute Gasteiger partial charge is 0.264 e. The van der Waals surface area contributed by atoms with E-state index in [0.717, 1.165) is 20.4 Å². The summed E-state index contributed by atoms with van der Waals surface area (Å²) in [4.78, 5) is 16.1. The highest BCUT2D eigenvalue weighted by molar-refractivity contribution is 14.1. The Kier molecular flexibility index (Phi) is 7.14. The van der Waals surface area contributed by atoms with Crippen molar-refractivity contribution < 1.29 is 19.0 Å². The van der Waals surface area contributed by atoms with E-state index >= 15 is 4.39 Å². The number of aromatic nitrogens is 3. The second-order valence-electron chi connectivity index (χ2n) is 10.5. The minimum absolute atomic E-state index is 0.00271. The zero-order chi connectivity index (χ0) is 26.4. The fourth-order valence-corrected chi connectivity index (χ4v) is 6.79. The summed E-state index contributed by atoms with van der Waals surface area (Å²) in [6.45, 7) is 6.00. The largest absolute Gasteiger partial charge is 0.396 e. The van der Waals surface area contributed by atoms with E-state index in [1.807, 2.05) is 49.4 Å². The molecule has 2 aliphatic rings. The lowest BCUT2D eigenvalue weighted by Crippen LogP contribution is -2.45. The number of carbonyl (C=O) groups excluding carboxylic acids is 1. The molecule has 9 heteroatoms. The van der Waals surface area contributed by atoms with Crippen molar-refractivity contribution in [1.82, 2.24) is 15.0 Å². The number of fused-ring (bicyclic) bond motifs is 2. The molecule has 0 radical (unpaired) electrons. The maximum Gasteiger partial charge on any atom is 0.264 e. The molecule has 1 aromatic heterocycles. The Bertz CT molecular complexity index is 1290. The molecule has 1 saturated heterocycles. The molecule has 1 amide bonds. The van der Waals surface area contributed by atoms with Gasteiger partial charge >= 0.3 is 0 Å². The van der Waals surface area contributed by atoms with Crippen LogP contribution in [0.2, 0.25) is 0 Å². The van der Waals surface area contributed by atoms with Gasteiger partial charge in [0.2, 0.25) is 0 Å². The summed E-state index contributed by atoms with van der Waals surface area (Å²) in [5.74, 6) is -1.02. The number of aryl methyl sites for hydroxylation is 1. The van der Waals surface area contributed by atoms with Gasteiger partial charge in [-0.05, 0) is 66.6 Å². The van der Waals surface area contributed by atoms with Crippen molar-refractivity contribution in [2.24, 2.45) is 11.8 Å². The van der Waals surface area contributed by atoms with Crippen LogP contribution in [0.1, 0.15) is 44.0 Å². The van der Waals surface area contributed by atoms with Crippen molar-refractivity contribution in [2.75, 3.05) is 11.5 Å². The third kappa shape index (κ3) is 4.70. The Labute approximate surface area is 230 Å². The van der Waals surface area contributed by atoms with Crippen LogP contribution in [0.15, 0.2) is 54.7 Å². The van der Waals surface area contributed by atoms with Gasteiger partial charge in [0.1, 0.15) is 5.67 Å². The first-order chi connectivity index (χ1) is 17.6. The standard InChI is InChI=1S/C28H32FIN4O3/c1-18-25(27(2,3)29)24(11-13-33-17-21(12-14-35)31-32-33)37-28(18)22-9-4-5-10-23(22)34(26(28)36)16-19-7-6-8-20(30)15-19/h4-10,15,17-18,24-25,35H,11-14,16H2,1-3H3/t18-,24+,25-,28+/m1/s1. The molecule has 3 aromatic rings. The van der Waals surface area contributed by atoms with Crippen molar-refractivity contribution in [3.63, 3.8) is 0 Å². The van der Waals surface area contributed by atoms with E-state index in [9.17, 15) is 4.79 Å². The van der Waals surface area contributed by atoms with E-state index < -0.39 is 23.3 Å². The van der Waals surface area contributed by atoms with Gasteiger partial charge in [-0.1, -0.05) is 42.5 Å². The number of carbonyl (C=O) groups is 1. The average molecular weight is 618 g/mol. The minimum atomic E-state index is -1.56. The van der Waals surface area contributed by atoms with Crippen LogP contribution in [0.5, 0.6) is 0 Å². The third-order valence-electron chi connectivity index (χ3n) is 7.69. The van der Waals surface area contributed by atoms with Crippen molar-refractivity contribution in [3.05, 3.63) is 75.1 Å². The number of aliphatic hydroxyl groups is 1. The predicted octanol–water partition coefficient (Wildman–Crippen LogP) is 4.65. The molecule has 196 valence electrons. The SMILES string of the molecule is C[C@@H]1[C@@H](C(C)(C)F)[C@H](CCn2cc(CCO)nn2)O[C@@]12C(=O)N(Cc1cccc(I)c1)c1ccccc12. The van der Waals surface area contributed by atoms with Crippen LogP contribution in [0.25, 0.3) is 0 Å². The lowest BCUT2D eigenvalue weighted by atomic mass is 9.71. The first-order valence-electron chi connectivity index (χ1n) is 12.7. The summed E-state index contributed by atoms with van der Waals surface area (Å²) < 4.78 is 25.3. The van der Waals surface area contributed by atoms with E-state index in [4.69, 9.17) is 9.84 Å². The summed E-state index contributed by atoms with van der Waals surface area (Å²) >= 11 is 2.27. The number of para-hydroxylation sites is 1. The molecule has 0 unspecified atom stereocenters. The number of halogens is 2. The molecule has 0 bridgehead atoms. The number of hydrogen-bond donors (Lipinski definition) is 1. The van der Waals surface area contributed by atoms with Gasteiger partial charge in [-0.2, -0.15) is 0 Å². The lowest BCUT2D eigenvalue weighted by Gasteiger charge is -2.32. The average Bonchev–Trinajstić information content (AvgIpc) is 3.49. The topological polar surface area (TPSA) is 80.5 Å². The molecule has 4 atom stereocenters. The number of benzene rings is 2. The molecule has 1 N–H and O–H groups in total. The van der Waals surface area contributed by atoms with Crippen LogP contribution in [0.4, 0.5) is 10.1 Å². The van der Waals surface area contributed by atoms with Gasteiger partial charge in [-0.25, -0.2) is 4.39 Å². The maximum atomic E-state index is 15.8. The van der Waals surface area contributed by atoms with E-state index in [1.54, 1.807) is 29.6 Å². The van der Waals surface area contributed by atoms with Gasteiger partial charge in [-0.15, -0.1) is 5.10 Å². The number of ether oxygens (including phenoxy) is 1. The highest BCUT2D eigenvalue weighted by atomic mass is 127. The Morgan fingerprint density at radius 2 is 2.00 bits per heavy atom. The molecular weight excluding hydrogens is 586 g/mol. The Balaban J connectivity index is 1.48. The van der Waals surface area contributed by atoms with E-state index in [1.165, 1.54) is 0 Å². The monoisotopic (exact) mass is 618 g/mol. The van der Waals surface area contributed by atoms with Crippen molar-refractivity contribution in [2.45, 2.75) is 64.1 Å². The normalized spacial score (nSPS) is 25.3. The van der Waals surface area contributed by atoms with Crippen LogP contribution in [-0.2, 0) is 34.6 Å². The number of hydrogen-bond acceptors (Lipinski definition) is 5. The first-order valence-corrected chi connectivity index (χ1v) is 13.8. The molecule has 3 heterocycles. The van der Waals surface area contributed by atoms with Crippen LogP contribution in [0.3, 0.4) is 0 Å². The number of aliphatic hydroxyl groups excluding tert-OH is 1. The van der Waals surface area contributed by atoms with E-state index in [0.29, 0.717) is 31.6 Å². The summed E-state index contributed by atoms with van der Waals surface area (Å²) in [6.07, 6.45) is 2.22. The highest BCUT2D eigenvalue weighted by Gasteiger charge is 2.65. The molecule has 37 heavy (non-hydrogen) atoms. The van der Waals surface area contributed by atoms with Crippen molar-refractivity contribution in [1.29, 1.82) is 0 Å². The maximum absolute atomic E-state index is 15.8. The zero-order valence-corrected chi connectivity index (χ0v) is 23.4. The Morgan fingerprint density at radius 1 is 1.22 bits per heavy atom. The third-order valence-corrected chi connectivity index (χ3v) is 8.37. The number of anilines is 1. The van der Waals surface area contributed by atoms with E-state index in [2.05, 4.69) is 39.0 Å². The summed E-state index contributed by atoms with van der Waals surface area (Å²) in [6, 6.07) is 15.8. The highest BCUT2D eigenvalue weighted by Crippen LogP contribution is 2.58. The van der Waals surface area contributed by atoms with Crippen molar-refractivity contribution in [3.8, 4) is 0 Å². The summed E-state index contributed by atoms with van der Waals surface area (Å²) in [5, 5.41) is 17.4. The first kappa shape index (κ1) is 26.2. The molecular formula is C28H32FIN4O3. The van der Waals surface area contributed by atoms with Gasteiger partial charge in [0, 0.05) is 46.7 Å². The van der Waals surface area contributed by atoms with Crippen LogP contribution < -0.4 is 4.90 Å². The molecule has 0 saturated carbocycles. The minimum Gasteiger partial charge on any atom is -0.396 e. The molecule has 1 spiro atoms. The number of rotatable bonds is 8. The van der Waals surface area contributed by atoms with Gasteiger partial charge in [-0.3, -0.25) is 9.48 Å². The van der Waals surface area contributed by atoms with Crippen LogP contribution >= 0.6 is 22.6 Å². The second-order valence-corrected chi connectivity index (χ2v) is 11.8. The van der Waals surface area contributed by atoms with Crippen LogP contribution in [-0.4, -0.2) is 44.4 Å². The van der Waals surface area contributed by atoms with Crippen LogP contribution in [0, 0.1) is 15.4 Å². The zero-order valence-electron chi connectivity index (χ0n) is 21.3. The molecule has 2 aliphatic heterocycles. The fourth-order valence-electron chi connectivity index (χ4n) is 6.18. The number of nitrogens with zero attached hydrogens (tertiary/aromatic N) is 4. The fraction of sp³-hybridized carbons (Fsp3) is 0.464. The van der Waals surface area contributed by atoms with E-state index in [-0.39, 0.29) is 18.4 Å². The molecule has 2 aromatic carbocycles.